The summed E-state index contributed by atoms with van der Waals surface area (Å²) in [6, 6.07) is 15.6. The zero-order valence-corrected chi connectivity index (χ0v) is 24.8. The predicted octanol–water partition coefficient (Wildman–Crippen LogP) is 9.39. The molecule has 0 fully saturated rings. The van der Waals surface area contributed by atoms with E-state index in [4.69, 9.17) is 5.73 Å². The lowest BCUT2D eigenvalue weighted by Crippen LogP contribution is -1.89. The average Bonchev–Trinajstić information content (AvgIpc) is 2.89. The van der Waals surface area contributed by atoms with Gasteiger partial charge in [-0.1, -0.05) is 59.7 Å². The van der Waals surface area contributed by atoms with Gasteiger partial charge in [-0.3, -0.25) is 20.2 Å². The van der Waals surface area contributed by atoms with Crippen molar-refractivity contribution in [3.8, 4) is 0 Å². The van der Waals surface area contributed by atoms with E-state index < -0.39 is 0 Å². The van der Waals surface area contributed by atoms with Crippen molar-refractivity contribution in [2.24, 2.45) is 0 Å². The van der Waals surface area contributed by atoms with Crippen molar-refractivity contribution in [2.75, 3.05) is 5.73 Å². The number of aryl methyl sites for hydroxylation is 6. The van der Waals surface area contributed by atoms with E-state index >= 15 is 0 Å². The van der Waals surface area contributed by atoms with Gasteiger partial charge in [0, 0.05) is 30.0 Å². The lowest BCUT2D eigenvalue weighted by atomic mass is 10.1. The molecule has 0 radical (unpaired) electrons. The van der Waals surface area contributed by atoms with Gasteiger partial charge in [0.15, 0.2) is 0 Å². The Hall–Kier alpha value is -3.74. The maximum Gasteiger partial charge on any atom is 0.269 e. The maximum atomic E-state index is 10.3. The number of nitro benzene ring substituents is 2. The Bertz CT molecular complexity index is 1020. The third-order valence-electron chi connectivity index (χ3n) is 4.93. The van der Waals surface area contributed by atoms with E-state index in [0.29, 0.717) is 0 Å². The second kappa shape index (κ2) is 21.5. The van der Waals surface area contributed by atoms with Crippen LogP contribution < -0.4 is 5.73 Å². The largest absolute Gasteiger partial charge is 0.399 e. The third kappa shape index (κ3) is 15.8. The monoisotopic (exact) mass is 513 g/mol. The highest BCUT2D eigenvalue weighted by atomic mass is 16.6. The standard InChI is InChI=1S/2C8H9NO2.C8H11N.3C2H6/c2*1-6-3-4-8(9(10)11)5-7(6)2;1-6-3-4-8(9)5-7(6)2;3*1-2/h2*3-5H,1-2H3;3-5H,9H2,1-2H3;3*1-2H3. The van der Waals surface area contributed by atoms with Gasteiger partial charge in [0.05, 0.1) is 9.85 Å². The Balaban J connectivity index is -0.000000426. The second-order valence-corrected chi connectivity index (χ2v) is 7.40. The molecule has 2 N–H and O–H groups in total. The first-order chi connectivity index (χ1) is 17.4. The maximum absolute atomic E-state index is 10.3. The van der Waals surface area contributed by atoms with Crippen LogP contribution in [0.15, 0.2) is 54.6 Å². The number of anilines is 1. The van der Waals surface area contributed by atoms with Crippen LogP contribution in [0.5, 0.6) is 0 Å². The van der Waals surface area contributed by atoms with Crippen LogP contribution in [0.3, 0.4) is 0 Å². The van der Waals surface area contributed by atoms with Crippen LogP contribution in [0, 0.1) is 61.8 Å². The van der Waals surface area contributed by atoms with Gasteiger partial charge in [-0.15, -0.1) is 0 Å². The highest BCUT2D eigenvalue weighted by Gasteiger charge is 2.05. The summed E-state index contributed by atoms with van der Waals surface area (Å²) in [5, 5.41) is 20.5. The molecule has 0 saturated carbocycles. The van der Waals surface area contributed by atoms with Gasteiger partial charge in [0.1, 0.15) is 0 Å². The Morgan fingerprint density at radius 3 is 0.973 bits per heavy atom. The van der Waals surface area contributed by atoms with Crippen LogP contribution in [-0.4, -0.2) is 9.85 Å². The molecule has 0 heterocycles. The fourth-order valence-corrected chi connectivity index (χ4v) is 2.44. The van der Waals surface area contributed by atoms with Crippen LogP contribution in [0.4, 0.5) is 17.1 Å². The summed E-state index contributed by atoms with van der Waals surface area (Å²) in [5.74, 6) is 0. The summed E-state index contributed by atoms with van der Waals surface area (Å²) in [5.41, 5.74) is 13.3. The van der Waals surface area contributed by atoms with Crippen molar-refractivity contribution in [1.29, 1.82) is 0 Å². The molecular formula is C30H47N3O4. The number of nitrogens with two attached hydrogens (primary N) is 1. The summed E-state index contributed by atoms with van der Waals surface area (Å²) in [6.07, 6.45) is 0. The fourth-order valence-electron chi connectivity index (χ4n) is 2.44. The first kappa shape index (κ1) is 37.8. The van der Waals surface area contributed by atoms with Crippen LogP contribution in [0.2, 0.25) is 0 Å². The number of nitrogens with zero attached hydrogens (tertiary/aromatic N) is 2. The summed E-state index contributed by atoms with van der Waals surface area (Å²) >= 11 is 0. The Morgan fingerprint density at radius 2 is 0.757 bits per heavy atom. The van der Waals surface area contributed by atoms with E-state index in [0.717, 1.165) is 27.9 Å². The molecule has 0 saturated heterocycles. The Morgan fingerprint density at radius 1 is 0.486 bits per heavy atom. The van der Waals surface area contributed by atoms with Crippen molar-refractivity contribution < 1.29 is 9.85 Å². The number of hydrogen-bond acceptors (Lipinski definition) is 5. The van der Waals surface area contributed by atoms with Gasteiger partial charge in [-0.05, 0) is 87.1 Å². The van der Waals surface area contributed by atoms with Gasteiger partial charge < -0.3 is 5.73 Å². The molecule has 3 aromatic rings. The summed E-state index contributed by atoms with van der Waals surface area (Å²) in [6.45, 7) is 23.7. The van der Waals surface area contributed by atoms with Crippen molar-refractivity contribution in [3.63, 3.8) is 0 Å². The molecule has 3 rings (SSSR count). The van der Waals surface area contributed by atoms with Gasteiger partial charge in [0.25, 0.3) is 11.4 Å². The van der Waals surface area contributed by atoms with Crippen molar-refractivity contribution in [1.82, 2.24) is 0 Å². The topological polar surface area (TPSA) is 112 Å². The molecule has 0 aliphatic rings. The predicted molar refractivity (Wildman–Crippen MR) is 160 cm³/mol. The minimum absolute atomic E-state index is 0.160. The summed E-state index contributed by atoms with van der Waals surface area (Å²) < 4.78 is 0. The minimum atomic E-state index is -0.382. The van der Waals surface area contributed by atoms with Gasteiger partial charge in [0.2, 0.25) is 0 Å². The molecule has 7 heteroatoms. The molecule has 0 unspecified atom stereocenters. The van der Waals surface area contributed by atoms with Gasteiger partial charge in [-0.25, -0.2) is 0 Å². The Labute approximate surface area is 224 Å². The summed E-state index contributed by atoms with van der Waals surface area (Å²) in [7, 11) is 0. The zero-order chi connectivity index (χ0) is 29.7. The molecule has 0 amide bonds. The minimum Gasteiger partial charge on any atom is -0.399 e. The fraction of sp³-hybridized carbons (Fsp3) is 0.400. The highest BCUT2D eigenvalue weighted by Crippen LogP contribution is 2.16. The quantitative estimate of drug-likeness (QED) is 0.208. The van der Waals surface area contributed by atoms with E-state index in [1.165, 1.54) is 23.3 Å². The molecule has 0 aliphatic heterocycles. The van der Waals surface area contributed by atoms with E-state index in [-0.39, 0.29) is 21.2 Å². The average molecular weight is 514 g/mol. The first-order valence-corrected chi connectivity index (χ1v) is 12.7. The van der Waals surface area contributed by atoms with E-state index in [1.807, 2.05) is 87.4 Å². The van der Waals surface area contributed by atoms with Crippen LogP contribution in [0.25, 0.3) is 0 Å². The summed E-state index contributed by atoms with van der Waals surface area (Å²) in [4.78, 5) is 19.8. The number of nitro groups is 2. The van der Waals surface area contributed by atoms with Crippen LogP contribution in [0.1, 0.15) is 74.9 Å². The SMILES string of the molecule is CC.CC.CC.Cc1ccc(N)cc1C.Cc1ccc([N+](=O)[O-])cc1C.Cc1ccc([N+](=O)[O-])cc1C. The number of benzene rings is 3. The molecule has 0 aliphatic carbocycles. The molecule has 0 spiro atoms. The number of nitrogen functional groups attached to an aromatic ring is 1. The van der Waals surface area contributed by atoms with Crippen LogP contribution >= 0.6 is 0 Å². The van der Waals surface area contributed by atoms with Gasteiger partial charge >= 0.3 is 0 Å². The lowest BCUT2D eigenvalue weighted by molar-refractivity contribution is -0.385. The molecule has 3 aromatic carbocycles. The van der Waals surface area contributed by atoms with Crippen molar-refractivity contribution in [2.45, 2.75) is 83.1 Å². The third-order valence-corrected chi connectivity index (χ3v) is 4.93. The normalized spacial score (nSPS) is 8.54. The van der Waals surface area contributed by atoms with E-state index in [1.54, 1.807) is 24.3 Å². The Kier molecular flexibility index (Phi) is 22.0. The van der Waals surface area contributed by atoms with E-state index in [9.17, 15) is 20.2 Å². The molecule has 37 heavy (non-hydrogen) atoms. The molecular weight excluding hydrogens is 466 g/mol. The first-order valence-electron chi connectivity index (χ1n) is 12.7. The highest BCUT2D eigenvalue weighted by molar-refractivity contribution is 5.43. The molecule has 7 nitrogen and oxygen atoms in total. The zero-order valence-electron chi connectivity index (χ0n) is 24.8. The smallest absolute Gasteiger partial charge is 0.269 e. The molecule has 0 atom stereocenters. The van der Waals surface area contributed by atoms with E-state index in [2.05, 4.69) is 13.8 Å². The molecule has 206 valence electrons. The molecule has 0 bridgehead atoms. The van der Waals surface area contributed by atoms with Crippen LogP contribution in [-0.2, 0) is 0 Å². The second-order valence-electron chi connectivity index (χ2n) is 7.40. The number of non-ortho nitro benzene ring substituents is 2. The number of hydrogen-bond donors (Lipinski definition) is 1. The molecule has 0 aromatic heterocycles. The van der Waals surface area contributed by atoms with Crippen molar-refractivity contribution >= 4 is 17.1 Å². The lowest BCUT2D eigenvalue weighted by Gasteiger charge is -1.98. The van der Waals surface area contributed by atoms with Crippen molar-refractivity contribution in [3.05, 3.63) is 108 Å². The number of rotatable bonds is 2. The van der Waals surface area contributed by atoms with Gasteiger partial charge in [-0.2, -0.15) is 0 Å².